The smallest absolute Gasteiger partial charge is 0.289 e. The maximum absolute atomic E-state index is 12.3. The highest BCUT2D eigenvalue weighted by molar-refractivity contribution is 5.66. The maximum atomic E-state index is 12.3. The Bertz CT molecular complexity index is 131. The second kappa shape index (κ2) is 1.93. The fourth-order valence-corrected chi connectivity index (χ4v) is 0.651. The number of nitrogens with zero attached hydrogens (tertiary/aromatic N) is 1. The van der Waals surface area contributed by atoms with Crippen molar-refractivity contribution in [1.82, 2.24) is 0 Å². The van der Waals surface area contributed by atoms with Crippen molar-refractivity contribution in [1.29, 1.82) is 0 Å². The highest BCUT2D eigenvalue weighted by atomic mass is 19.3. The van der Waals surface area contributed by atoms with Gasteiger partial charge in [-0.1, -0.05) is 5.16 Å². The molecule has 0 amide bonds. The molecule has 0 aromatic heterocycles. The molecule has 0 bridgehead atoms. The van der Waals surface area contributed by atoms with Crippen molar-refractivity contribution in [3.8, 4) is 0 Å². The average molecular weight is 135 g/mol. The van der Waals surface area contributed by atoms with Crippen LogP contribution in [0, 0.1) is 5.92 Å². The zero-order chi connectivity index (χ0) is 6.91. The van der Waals surface area contributed by atoms with Crippen molar-refractivity contribution in [2.24, 2.45) is 11.1 Å². The van der Waals surface area contributed by atoms with Gasteiger partial charge in [0.2, 0.25) is 0 Å². The number of oxime groups is 1. The first kappa shape index (κ1) is 6.45. The van der Waals surface area contributed by atoms with Crippen LogP contribution in [0.5, 0.6) is 0 Å². The Balaban J connectivity index is 2.48. The Kier molecular flexibility index (Phi) is 1.38. The van der Waals surface area contributed by atoms with Gasteiger partial charge in [0.05, 0.1) is 0 Å². The van der Waals surface area contributed by atoms with Crippen LogP contribution in [0.15, 0.2) is 5.16 Å². The standard InChI is InChI=1S/C5H7F2NO/c6-5(7,3-8-9)4-1-2-4/h3-4,9H,1-2H2. The van der Waals surface area contributed by atoms with Crippen molar-refractivity contribution in [2.45, 2.75) is 18.8 Å². The van der Waals surface area contributed by atoms with Gasteiger partial charge in [-0.25, -0.2) is 0 Å². The van der Waals surface area contributed by atoms with Gasteiger partial charge in [-0.15, -0.1) is 0 Å². The molecule has 0 spiro atoms. The van der Waals surface area contributed by atoms with Gasteiger partial charge in [-0.05, 0) is 12.8 Å². The zero-order valence-electron chi connectivity index (χ0n) is 4.72. The van der Waals surface area contributed by atoms with Crippen molar-refractivity contribution >= 4 is 6.21 Å². The molecule has 1 saturated carbocycles. The molecule has 0 unspecified atom stereocenters. The summed E-state index contributed by atoms with van der Waals surface area (Å²) in [5.41, 5.74) is 0. The van der Waals surface area contributed by atoms with Crippen LogP contribution in [0.1, 0.15) is 12.8 Å². The molecule has 1 N–H and O–H groups in total. The third-order valence-corrected chi connectivity index (χ3v) is 1.35. The van der Waals surface area contributed by atoms with Gasteiger partial charge in [0.15, 0.2) is 0 Å². The average Bonchev–Trinajstić information content (AvgIpc) is 2.41. The first-order valence-electron chi connectivity index (χ1n) is 2.73. The van der Waals surface area contributed by atoms with E-state index in [0.717, 1.165) is 0 Å². The van der Waals surface area contributed by atoms with E-state index in [9.17, 15) is 8.78 Å². The molecule has 2 nitrogen and oxygen atoms in total. The fraction of sp³-hybridized carbons (Fsp3) is 0.800. The summed E-state index contributed by atoms with van der Waals surface area (Å²) in [6, 6.07) is 0. The van der Waals surface area contributed by atoms with Crippen molar-refractivity contribution in [3.05, 3.63) is 0 Å². The molecule has 4 heteroatoms. The molecule has 52 valence electrons. The highest BCUT2D eigenvalue weighted by Crippen LogP contribution is 2.41. The van der Waals surface area contributed by atoms with Gasteiger partial charge in [0, 0.05) is 5.92 Å². The van der Waals surface area contributed by atoms with Crippen molar-refractivity contribution in [2.75, 3.05) is 0 Å². The summed E-state index contributed by atoms with van der Waals surface area (Å²) in [6.45, 7) is 0. The Labute approximate surface area is 51.2 Å². The summed E-state index contributed by atoms with van der Waals surface area (Å²) >= 11 is 0. The molecule has 1 aliphatic rings. The van der Waals surface area contributed by atoms with Crippen LogP contribution in [-0.2, 0) is 0 Å². The number of halogens is 2. The maximum Gasteiger partial charge on any atom is 0.289 e. The van der Waals surface area contributed by atoms with Crippen LogP contribution in [-0.4, -0.2) is 17.3 Å². The van der Waals surface area contributed by atoms with E-state index in [2.05, 4.69) is 5.16 Å². The minimum absolute atomic E-state index is 0.296. The second-order valence-electron chi connectivity index (χ2n) is 2.19. The minimum Gasteiger partial charge on any atom is -0.411 e. The molecular formula is C5H7F2NO. The SMILES string of the molecule is ON=CC(F)(F)C1CC1. The Hall–Kier alpha value is -0.670. The van der Waals surface area contributed by atoms with Crippen LogP contribution in [0.4, 0.5) is 8.78 Å². The third-order valence-electron chi connectivity index (χ3n) is 1.35. The fourth-order valence-electron chi connectivity index (χ4n) is 0.651. The van der Waals surface area contributed by atoms with E-state index in [1.807, 2.05) is 0 Å². The van der Waals surface area contributed by atoms with E-state index in [-0.39, 0.29) is 0 Å². The largest absolute Gasteiger partial charge is 0.411 e. The lowest BCUT2D eigenvalue weighted by Gasteiger charge is -2.05. The number of hydrogen-bond acceptors (Lipinski definition) is 2. The lowest BCUT2D eigenvalue weighted by Crippen LogP contribution is -2.20. The third kappa shape index (κ3) is 1.37. The molecule has 0 atom stereocenters. The highest BCUT2D eigenvalue weighted by Gasteiger charge is 2.45. The van der Waals surface area contributed by atoms with Crippen LogP contribution in [0.3, 0.4) is 0 Å². The molecule has 0 saturated heterocycles. The molecule has 0 aromatic carbocycles. The van der Waals surface area contributed by atoms with E-state index in [4.69, 9.17) is 5.21 Å². The van der Waals surface area contributed by atoms with E-state index < -0.39 is 11.8 Å². The lowest BCUT2D eigenvalue weighted by molar-refractivity contribution is 0.0556. The summed E-state index contributed by atoms with van der Waals surface area (Å²) in [5, 5.41) is 10.1. The topological polar surface area (TPSA) is 32.6 Å². The predicted molar refractivity (Wildman–Crippen MR) is 27.9 cm³/mol. The summed E-state index contributed by atoms with van der Waals surface area (Å²) in [6.07, 6.45) is 1.38. The number of alkyl halides is 2. The van der Waals surface area contributed by atoms with E-state index in [1.54, 1.807) is 0 Å². The normalized spacial score (nSPS) is 21.1. The molecule has 0 aromatic rings. The molecule has 0 aliphatic heterocycles. The van der Waals surface area contributed by atoms with Crippen LogP contribution in [0.25, 0.3) is 0 Å². The predicted octanol–water partition coefficient (Wildman–Crippen LogP) is 1.49. The van der Waals surface area contributed by atoms with Crippen LogP contribution >= 0.6 is 0 Å². The molecular weight excluding hydrogens is 128 g/mol. The zero-order valence-corrected chi connectivity index (χ0v) is 4.72. The molecule has 9 heavy (non-hydrogen) atoms. The Morgan fingerprint density at radius 2 is 2.11 bits per heavy atom. The van der Waals surface area contributed by atoms with Crippen molar-refractivity contribution in [3.63, 3.8) is 0 Å². The summed E-state index contributed by atoms with van der Waals surface area (Å²) < 4.78 is 24.6. The van der Waals surface area contributed by atoms with Crippen molar-refractivity contribution < 1.29 is 14.0 Å². The summed E-state index contributed by atoms with van der Waals surface area (Å²) in [4.78, 5) is 0. The monoisotopic (exact) mass is 135 g/mol. The number of hydrogen-bond donors (Lipinski definition) is 1. The Morgan fingerprint density at radius 1 is 1.56 bits per heavy atom. The molecule has 1 aliphatic carbocycles. The summed E-state index contributed by atoms with van der Waals surface area (Å²) in [7, 11) is 0. The molecule has 1 fully saturated rings. The molecule has 0 radical (unpaired) electrons. The van der Waals surface area contributed by atoms with E-state index >= 15 is 0 Å². The first-order valence-corrected chi connectivity index (χ1v) is 2.73. The van der Waals surface area contributed by atoms with Gasteiger partial charge < -0.3 is 5.21 Å². The second-order valence-corrected chi connectivity index (χ2v) is 2.19. The first-order chi connectivity index (χ1) is 4.17. The quantitative estimate of drug-likeness (QED) is 0.347. The molecule has 1 rings (SSSR count). The van der Waals surface area contributed by atoms with E-state index in [1.165, 1.54) is 0 Å². The molecule has 0 heterocycles. The van der Waals surface area contributed by atoms with Gasteiger partial charge in [-0.2, -0.15) is 8.78 Å². The van der Waals surface area contributed by atoms with Gasteiger partial charge >= 0.3 is 0 Å². The number of rotatable bonds is 2. The van der Waals surface area contributed by atoms with Crippen LogP contribution in [0.2, 0.25) is 0 Å². The Morgan fingerprint density at radius 3 is 2.44 bits per heavy atom. The van der Waals surface area contributed by atoms with Gasteiger partial charge in [0.1, 0.15) is 6.21 Å². The lowest BCUT2D eigenvalue weighted by atomic mass is 10.2. The van der Waals surface area contributed by atoms with Crippen LogP contribution < -0.4 is 0 Å². The van der Waals surface area contributed by atoms with Gasteiger partial charge in [0.25, 0.3) is 5.92 Å². The van der Waals surface area contributed by atoms with Gasteiger partial charge in [-0.3, -0.25) is 0 Å². The van der Waals surface area contributed by atoms with E-state index in [0.29, 0.717) is 19.1 Å². The summed E-state index contributed by atoms with van der Waals surface area (Å²) in [5.74, 6) is -3.46. The minimum atomic E-state index is -2.88.